The molecule has 0 saturated carbocycles. The van der Waals surface area contributed by atoms with Crippen LogP contribution >= 0.6 is 0 Å². The third-order valence-corrected chi connectivity index (χ3v) is 6.18. The molecule has 29 heavy (non-hydrogen) atoms. The molecule has 4 rings (SSSR count). The van der Waals surface area contributed by atoms with Crippen LogP contribution in [-0.2, 0) is 16.0 Å². The second kappa shape index (κ2) is 7.17. The fraction of sp³-hybridized carbons (Fsp3) is 0.565. The van der Waals surface area contributed by atoms with Crippen LogP contribution in [0.2, 0.25) is 0 Å². The minimum atomic E-state index is -0.618. The van der Waals surface area contributed by atoms with Crippen LogP contribution in [0.5, 0.6) is 0 Å². The maximum absolute atomic E-state index is 13.2. The lowest BCUT2D eigenvalue weighted by Crippen LogP contribution is -2.54. The van der Waals surface area contributed by atoms with E-state index in [1.165, 1.54) is 0 Å². The number of piperidine rings is 1. The van der Waals surface area contributed by atoms with E-state index in [1.807, 2.05) is 56.9 Å². The second-order valence-corrected chi connectivity index (χ2v) is 9.18. The molecule has 2 aliphatic heterocycles. The predicted octanol–water partition coefficient (Wildman–Crippen LogP) is 4.03. The van der Waals surface area contributed by atoms with Gasteiger partial charge in [0.1, 0.15) is 5.60 Å². The molecule has 2 aromatic rings. The standard InChI is InChI=1S/C23H30N2O4/c1-5-14-10-11-19-20-17(12-15(13-26)24(19)21(14)27)16-8-6-7-9-18(16)25(20)22(28)29-23(2,3)4/h6-9,14-15,19,26H,5,10-13H2,1-4H3/t14-,15+,19+/m1/s1. The average Bonchev–Trinajstić information content (AvgIpc) is 3.01. The van der Waals surface area contributed by atoms with E-state index in [4.69, 9.17) is 4.74 Å². The first-order valence-corrected chi connectivity index (χ1v) is 10.6. The maximum Gasteiger partial charge on any atom is 0.419 e. The highest BCUT2D eigenvalue weighted by atomic mass is 16.6. The quantitative estimate of drug-likeness (QED) is 0.829. The Morgan fingerprint density at radius 3 is 2.62 bits per heavy atom. The van der Waals surface area contributed by atoms with Crippen LogP contribution in [0.4, 0.5) is 4.79 Å². The number of aliphatic hydroxyl groups is 1. The summed E-state index contributed by atoms with van der Waals surface area (Å²) >= 11 is 0. The van der Waals surface area contributed by atoms with Crippen LogP contribution in [-0.4, -0.2) is 44.8 Å². The van der Waals surface area contributed by atoms with E-state index in [2.05, 4.69) is 0 Å². The number of rotatable bonds is 2. The van der Waals surface area contributed by atoms with Crippen LogP contribution in [0.1, 0.15) is 64.3 Å². The zero-order valence-corrected chi connectivity index (χ0v) is 17.6. The van der Waals surface area contributed by atoms with Crippen LogP contribution in [0.3, 0.4) is 0 Å². The van der Waals surface area contributed by atoms with Crippen LogP contribution in [0.15, 0.2) is 24.3 Å². The van der Waals surface area contributed by atoms with Gasteiger partial charge in [-0.3, -0.25) is 4.79 Å². The highest BCUT2D eigenvalue weighted by Gasteiger charge is 2.46. The number of fused-ring (bicyclic) bond motifs is 5. The van der Waals surface area contributed by atoms with E-state index in [1.54, 1.807) is 4.57 Å². The van der Waals surface area contributed by atoms with Crippen molar-refractivity contribution in [3.63, 3.8) is 0 Å². The van der Waals surface area contributed by atoms with Gasteiger partial charge in [-0.1, -0.05) is 25.1 Å². The first kappa shape index (κ1) is 20.0. The topological polar surface area (TPSA) is 71.8 Å². The molecular formula is C23H30N2O4. The average molecular weight is 399 g/mol. The largest absolute Gasteiger partial charge is 0.443 e. The van der Waals surface area contributed by atoms with Crippen molar-refractivity contribution in [1.82, 2.24) is 9.47 Å². The molecule has 0 aliphatic carbocycles. The van der Waals surface area contributed by atoms with Gasteiger partial charge >= 0.3 is 6.09 Å². The Kier molecular flexibility index (Phi) is 4.93. The number of benzene rings is 1. The molecule has 0 unspecified atom stereocenters. The van der Waals surface area contributed by atoms with Gasteiger partial charge in [-0.2, -0.15) is 0 Å². The van der Waals surface area contributed by atoms with Gasteiger partial charge in [-0.25, -0.2) is 9.36 Å². The Morgan fingerprint density at radius 2 is 1.97 bits per heavy atom. The van der Waals surface area contributed by atoms with E-state index >= 15 is 0 Å². The van der Waals surface area contributed by atoms with E-state index < -0.39 is 11.7 Å². The van der Waals surface area contributed by atoms with Gasteiger partial charge in [0.05, 0.1) is 29.9 Å². The highest BCUT2D eigenvalue weighted by molar-refractivity contribution is 5.95. The SMILES string of the molecule is CC[C@@H]1CC[C@H]2c3c(c4ccccc4n3C(=O)OC(C)(C)C)C[C@@H](CO)N2C1=O. The van der Waals surface area contributed by atoms with Gasteiger partial charge in [-0.05, 0) is 58.1 Å². The summed E-state index contributed by atoms with van der Waals surface area (Å²) in [6.07, 6.45) is 2.50. The Labute approximate surface area is 171 Å². The molecule has 2 aliphatic rings. The maximum atomic E-state index is 13.2. The summed E-state index contributed by atoms with van der Waals surface area (Å²) in [6, 6.07) is 7.34. The molecule has 1 saturated heterocycles. The minimum absolute atomic E-state index is 0.0128. The molecule has 0 bridgehead atoms. The number of aliphatic hydroxyl groups excluding tert-OH is 1. The molecule has 3 atom stereocenters. The van der Waals surface area contributed by atoms with Crippen LogP contribution in [0, 0.1) is 5.92 Å². The Bertz CT molecular complexity index is 956. The van der Waals surface area contributed by atoms with Gasteiger partial charge in [0.2, 0.25) is 5.91 Å². The number of aromatic nitrogens is 1. The minimum Gasteiger partial charge on any atom is -0.443 e. The Morgan fingerprint density at radius 1 is 1.24 bits per heavy atom. The lowest BCUT2D eigenvalue weighted by atomic mass is 9.82. The lowest BCUT2D eigenvalue weighted by molar-refractivity contribution is -0.147. The van der Waals surface area contributed by atoms with E-state index in [0.29, 0.717) is 6.42 Å². The summed E-state index contributed by atoms with van der Waals surface area (Å²) in [6.45, 7) is 7.52. The van der Waals surface area contributed by atoms with Crippen molar-refractivity contribution >= 4 is 22.9 Å². The normalized spacial score (nSPS) is 24.4. The van der Waals surface area contributed by atoms with Gasteiger partial charge < -0.3 is 14.7 Å². The zero-order chi connectivity index (χ0) is 20.9. The van der Waals surface area contributed by atoms with Gasteiger partial charge in [0.15, 0.2) is 0 Å². The molecule has 156 valence electrons. The number of nitrogens with zero attached hydrogens (tertiary/aromatic N) is 2. The first-order chi connectivity index (χ1) is 13.8. The Balaban J connectivity index is 1.91. The van der Waals surface area contributed by atoms with Gasteiger partial charge in [0, 0.05) is 11.3 Å². The molecule has 1 amide bonds. The number of amides is 1. The second-order valence-electron chi connectivity index (χ2n) is 9.18. The summed E-state index contributed by atoms with van der Waals surface area (Å²) in [7, 11) is 0. The summed E-state index contributed by atoms with van der Waals surface area (Å²) < 4.78 is 7.40. The van der Waals surface area contributed by atoms with E-state index in [0.717, 1.165) is 41.4 Å². The molecule has 6 heteroatoms. The van der Waals surface area contributed by atoms with E-state index in [-0.39, 0.29) is 30.5 Å². The Hall–Kier alpha value is -2.34. The fourth-order valence-electron chi connectivity index (χ4n) is 4.95. The summed E-state index contributed by atoms with van der Waals surface area (Å²) in [5, 5.41) is 11.1. The van der Waals surface area contributed by atoms with Gasteiger partial charge in [-0.15, -0.1) is 0 Å². The van der Waals surface area contributed by atoms with Crippen molar-refractivity contribution in [2.45, 2.75) is 71.1 Å². The number of carbonyl (C=O) groups excluding carboxylic acids is 2. The molecule has 1 fully saturated rings. The number of carbonyl (C=O) groups is 2. The molecule has 1 N–H and O–H groups in total. The van der Waals surface area contributed by atoms with Crippen molar-refractivity contribution in [1.29, 1.82) is 0 Å². The molecule has 1 aromatic carbocycles. The van der Waals surface area contributed by atoms with Gasteiger partial charge in [0.25, 0.3) is 0 Å². The highest BCUT2D eigenvalue weighted by Crippen LogP contribution is 2.45. The predicted molar refractivity (Wildman–Crippen MR) is 111 cm³/mol. The summed E-state index contributed by atoms with van der Waals surface area (Å²) in [5.41, 5.74) is 2.09. The smallest absolute Gasteiger partial charge is 0.419 e. The van der Waals surface area contributed by atoms with Crippen molar-refractivity contribution in [3.8, 4) is 0 Å². The van der Waals surface area contributed by atoms with Crippen LogP contribution < -0.4 is 0 Å². The number of hydrogen-bond donors (Lipinski definition) is 1. The molecule has 0 radical (unpaired) electrons. The third kappa shape index (κ3) is 3.23. The lowest BCUT2D eigenvalue weighted by Gasteiger charge is -2.47. The molecule has 1 aromatic heterocycles. The zero-order valence-electron chi connectivity index (χ0n) is 17.6. The monoisotopic (exact) mass is 398 g/mol. The number of hydrogen-bond acceptors (Lipinski definition) is 4. The number of para-hydroxylation sites is 1. The number of ether oxygens (including phenoxy) is 1. The van der Waals surface area contributed by atoms with Crippen molar-refractivity contribution in [2.75, 3.05) is 6.61 Å². The third-order valence-electron chi connectivity index (χ3n) is 6.18. The summed E-state index contributed by atoms with van der Waals surface area (Å²) in [5.74, 6) is 0.0793. The molecular weight excluding hydrogens is 368 g/mol. The van der Waals surface area contributed by atoms with Crippen molar-refractivity contribution in [3.05, 3.63) is 35.5 Å². The van der Waals surface area contributed by atoms with E-state index in [9.17, 15) is 14.7 Å². The molecule has 6 nitrogen and oxygen atoms in total. The fourth-order valence-corrected chi connectivity index (χ4v) is 4.95. The van der Waals surface area contributed by atoms with Crippen molar-refractivity contribution < 1.29 is 19.4 Å². The molecule has 0 spiro atoms. The summed E-state index contributed by atoms with van der Waals surface area (Å²) in [4.78, 5) is 28.3. The first-order valence-electron chi connectivity index (χ1n) is 10.6. The molecule has 3 heterocycles. The van der Waals surface area contributed by atoms with Crippen molar-refractivity contribution in [2.24, 2.45) is 5.92 Å². The van der Waals surface area contributed by atoms with Crippen LogP contribution in [0.25, 0.3) is 10.9 Å².